The van der Waals surface area contributed by atoms with Gasteiger partial charge in [-0.1, -0.05) is 12.1 Å². The van der Waals surface area contributed by atoms with E-state index in [0.29, 0.717) is 43.2 Å². The lowest BCUT2D eigenvalue weighted by atomic mass is 10.1. The van der Waals surface area contributed by atoms with Crippen LogP contribution in [0.1, 0.15) is 13.3 Å². The number of hydrogen-bond acceptors (Lipinski definition) is 4. The number of piperazine rings is 1. The summed E-state index contributed by atoms with van der Waals surface area (Å²) in [6.45, 7) is 3.99. The molecule has 1 atom stereocenters. The van der Waals surface area contributed by atoms with E-state index in [1.165, 1.54) is 17.9 Å². The van der Waals surface area contributed by atoms with Crippen molar-refractivity contribution in [2.75, 3.05) is 41.3 Å². The molecule has 0 aromatic heterocycles. The van der Waals surface area contributed by atoms with Crippen molar-refractivity contribution in [1.29, 1.82) is 0 Å². The number of hydrogen-bond donors (Lipinski definition) is 2. The smallest absolute Gasteiger partial charge is 0.292 e. The molecule has 2 aromatic rings. The average molecular weight is 411 g/mol. The summed E-state index contributed by atoms with van der Waals surface area (Å²) in [6.07, 6.45) is 0.168. The molecule has 30 heavy (non-hydrogen) atoms. The Labute approximate surface area is 174 Å². The quantitative estimate of drug-likeness (QED) is 0.731. The molecule has 2 N–H and O–H groups in total. The van der Waals surface area contributed by atoms with Gasteiger partial charge in [-0.25, -0.2) is 9.29 Å². The molecule has 2 aliphatic heterocycles. The first-order valence-corrected chi connectivity index (χ1v) is 10.0. The van der Waals surface area contributed by atoms with Crippen molar-refractivity contribution in [2.45, 2.75) is 19.4 Å². The minimum atomic E-state index is -0.421. The summed E-state index contributed by atoms with van der Waals surface area (Å²) in [5.41, 5.74) is 1.69. The van der Waals surface area contributed by atoms with Crippen LogP contribution in [0.3, 0.4) is 0 Å². The molecule has 4 rings (SSSR count). The molecule has 2 saturated heterocycles. The number of carbonyl (C=O) groups is 3. The number of nitrogens with zero attached hydrogens (tertiary/aromatic N) is 2. The average Bonchev–Trinajstić information content (AvgIpc) is 3.03. The van der Waals surface area contributed by atoms with Crippen LogP contribution in [-0.2, 0) is 14.4 Å². The Morgan fingerprint density at radius 1 is 1.07 bits per heavy atom. The Hall–Kier alpha value is -3.26. The summed E-state index contributed by atoms with van der Waals surface area (Å²) in [5.74, 6) is -0.862. The predicted molar refractivity (Wildman–Crippen MR) is 111 cm³/mol. The van der Waals surface area contributed by atoms with Crippen LogP contribution in [0.5, 0.6) is 0 Å². The zero-order valence-corrected chi connectivity index (χ0v) is 16.7. The molecule has 2 aliphatic rings. The van der Waals surface area contributed by atoms with E-state index < -0.39 is 6.04 Å². The van der Waals surface area contributed by atoms with Gasteiger partial charge in [0.15, 0.2) is 6.04 Å². The van der Waals surface area contributed by atoms with Gasteiger partial charge in [-0.05, 0) is 36.4 Å². The highest BCUT2D eigenvalue weighted by atomic mass is 19.1. The molecule has 8 heteroatoms. The van der Waals surface area contributed by atoms with E-state index in [4.69, 9.17) is 0 Å². The van der Waals surface area contributed by atoms with E-state index in [2.05, 4.69) is 5.32 Å². The molecule has 156 valence electrons. The van der Waals surface area contributed by atoms with E-state index in [1.807, 2.05) is 11.0 Å². The number of nitrogens with one attached hydrogen (secondary N) is 2. The summed E-state index contributed by atoms with van der Waals surface area (Å²) in [6, 6.07) is 12.9. The van der Waals surface area contributed by atoms with Gasteiger partial charge in [0.1, 0.15) is 5.82 Å². The summed E-state index contributed by atoms with van der Waals surface area (Å²) < 4.78 is 14.0. The first-order chi connectivity index (χ1) is 14.4. The summed E-state index contributed by atoms with van der Waals surface area (Å²) in [7, 11) is 0. The molecule has 0 saturated carbocycles. The lowest BCUT2D eigenvalue weighted by Gasteiger charge is -2.35. The van der Waals surface area contributed by atoms with E-state index in [1.54, 1.807) is 36.4 Å². The Balaban J connectivity index is 1.42. The van der Waals surface area contributed by atoms with Crippen LogP contribution in [0.4, 0.5) is 21.5 Å². The SMILES string of the molecule is CC(=O)Nc1ccc(N2C(=O)C[C@H]([NH+]3CCN(c4ccccc4F)CC3)C2=O)cc1. The van der Waals surface area contributed by atoms with Gasteiger partial charge in [-0.2, -0.15) is 0 Å². The van der Waals surface area contributed by atoms with Gasteiger partial charge in [-0.3, -0.25) is 14.4 Å². The van der Waals surface area contributed by atoms with Crippen molar-refractivity contribution in [3.05, 3.63) is 54.3 Å². The molecular formula is C22H24FN4O3+. The fourth-order valence-electron chi connectivity index (χ4n) is 4.21. The third-order valence-corrected chi connectivity index (χ3v) is 5.68. The molecule has 2 heterocycles. The third-order valence-electron chi connectivity index (χ3n) is 5.68. The third kappa shape index (κ3) is 3.91. The molecule has 7 nitrogen and oxygen atoms in total. The highest BCUT2D eigenvalue weighted by molar-refractivity contribution is 6.21. The molecule has 2 aromatic carbocycles. The highest BCUT2D eigenvalue weighted by Crippen LogP contribution is 2.24. The Morgan fingerprint density at radius 3 is 2.37 bits per heavy atom. The second-order valence-corrected chi connectivity index (χ2v) is 7.65. The number of amides is 3. The molecule has 0 bridgehead atoms. The number of rotatable bonds is 4. The molecule has 0 aliphatic carbocycles. The number of para-hydroxylation sites is 1. The number of carbonyl (C=O) groups excluding carboxylic acids is 3. The van der Waals surface area contributed by atoms with Gasteiger partial charge >= 0.3 is 0 Å². The van der Waals surface area contributed by atoms with E-state index in [0.717, 1.165) is 4.90 Å². The summed E-state index contributed by atoms with van der Waals surface area (Å²) in [5, 5.41) is 2.66. The van der Waals surface area contributed by atoms with Crippen molar-refractivity contribution in [3.8, 4) is 0 Å². The van der Waals surface area contributed by atoms with Crippen molar-refractivity contribution in [3.63, 3.8) is 0 Å². The van der Waals surface area contributed by atoms with Crippen LogP contribution in [0.2, 0.25) is 0 Å². The maximum atomic E-state index is 14.0. The minimum absolute atomic E-state index is 0.168. The van der Waals surface area contributed by atoms with E-state index in [-0.39, 0.29) is 30.0 Å². The van der Waals surface area contributed by atoms with Crippen LogP contribution in [0.25, 0.3) is 0 Å². The van der Waals surface area contributed by atoms with Crippen molar-refractivity contribution < 1.29 is 23.7 Å². The van der Waals surface area contributed by atoms with Gasteiger partial charge in [0.25, 0.3) is 5.91 Å². The topological polar surface area (TPSA) is 74.2 Å². The first-order valence-electron chi connectivity index (χ1n) is 10.0. The van der Waals surface area contributed by atoms with Crippen LogP contribution in [-0.4, -0.2) is 49.9 Å². The minimum Gasteiger partial charge on any atom is -0.358 e. The van der Waals surface area contributed by atoms with Gasteiger partial charge in [0.2, 0.25) is 11.8 Å². The van der Waals surface area contributed by atoms with Gasteiger partial charge in [0, 0.05) is 12.6 Å². The largest absolute Gasteiger partial charge is 0.358 e. The van der Waals surface area contributed by atoms with Crippen LogP contribution >= 0.6 is 0 Å². The number of halogens is 1. The van der Waals surface area contributed by atoms with Crippen molar-refractivity contribution >= 4 is 34.8 Å². The summed E-state index contributed by atoms with van der Waals surface area (Å²) >= 11 is 0. The van der Waals surface area contributed by atoms with Crippen molar-refractivity contribution in [1.82, 2.24) is 0 Å². The predicted octanol–water partition coefficient (Wildman–Crippen LogP) is 0.821. The van der Waals surface area contributed by atoms with E-state index in [9.17, 15) is 18.8 Å². The van der Waals surface area contributed by atoms with Gasteiger partial charge in [-0.15, -0.1) is 0 Å². The number of anilines is 3. The highest BCUT2D eigenvalue weighted by Gasteiger charge is 2.46. The monoisotopic (exact) mass is 411 g/mol. The fourth-order valence-corrected chi connectivity index (χ4v) is 4.21. The Kier molecular flexibility index (Phi) is 5.50. The second kappa shape index (κ2) is 8.23. The van der Waals surface area contributed by atoms with Crippen molar-refractivity contribution in [2.24, 2.45) is 0 Å². The standard InChI is InChI=1S/C22H23FN4O3/c1-15(28)24-16-6-8-17(9-7-16)27-21(29)14-20(22(27)30)26-12-10-25(11-13-26)19-5-3-2-4-18(19)23/h2-9,20H,10-14H2,1H3,(H,24,28)/p+1/t20-/m0/s1. The summed E-state index contributed by atoms with van der Waals surface area (Å²) in [4.78, 5) is 41.0. The van der Waals surface area contributed by atoms with Crippen LogP contribution in [0.15, 0.2) is 48.5 Å². The zero-order valence-electron chi connectivity index (χ0n) is 16.7. The maximum Gasteiger partial charge on any atom is 0.292 e. The molecule has 0 unspecified atom stereocenters. The molecular weight excluding hydrogens is 387 g/mol. The van der Waals surface area contributed by atoms with E-state index >= 15 is 0 Å². The van der Waals surface area contributed by atoms with Crippen LogP contribution < -0.4 is 20.0 Å². The first kappa shape index (κ1) is 20.0. The lowest BCUT2D eigenvalue weighted by molar-refractivity contribution is -0.915. The number of imide groups is 1. The second-order valence-electron chi connectivity index (χ2n) is 7.65. The molecule has 0 radical (unpaired) electrons. The Bertz CT molecular complexity index is 971. The lowest BCUT2D eigenvalue weighted by Crippen LogP contribution is -3.19. The zero-order chi connectivity index (χ0) is 21.3. The van der Waals surface area contributed by atoms with Crippen LogP contribution in [0, 0.1) is 5.82 Å². The molecule has 3 amide bonds. The van der Waals surface area contributed by atoms with Gasteiger partial charge in [0.05, 0.1) is 44.0 Å². The number of quaternary nitrogens is 1. The molecule has 0 spiro atoms. The van der Waals surface area contributed by atoms with Gasteiger partial charge < -0.3 is 15.1 Å². The maximum absolute atomic E-state index is 14.0. The fraction of sp³-hybridized carbons (Fsp3) is 0.318. The number of benzene rings is 2. The molecule has 2 fully saturated rings. The Morgan fingerprint density at radius 2 is 1.73 bits per heavy atom. The normalized spacial score (nSPS) is 20.0.